The second-order valence-electron chi connectivity index (χ2n) is 12.6. The predicted octanol–water partition coefficient (Wildman–Crippen LogP) is 4.88. The van der Waals surface area contributed by atoms with Crippen LogP contribution in [0.3, 0.4) is 0 Å². The van der Waals surface area contributed by atoms with E-state index in [1.54, 1.807) is 37.5 Å². The number of halogens is 2. The van der Waals surface area contributed by atoms with E-state index in [2.05, 4.69) is 16.0 Å². The van der Waals surface area contributed by atoms with Gasteiger partial charge in [-0.05, 0) is 58.4 Å². The summed E-state index contributed by atoms with van der Waals surface area (Å²) in [6.07, 6.45) is 1.57. The molecule has 2 unspecified atom stereocenters. The molecule has 0 aliphatic carbocycles. The summed E-state index contributed by atoms with van der Waals surface area (Å²) in [4.78, 5) is 35.6. The first-order valence-electron chi connectivity index (χ1n) is 15.7. The number of aromatic nitrogens is 1. The number of β-amino-alcohol motifs (C(OH)–C–C–N with tert-alkyl or cyclic N) is 1. The fourth-order valence-electron chi connectivity index (χ4n) is 4.24. The molecule has 0 bridgehead atoms. The molecular formula is C35H54Cl2N4O7. The van der Waals surface area contributed by atoms with Gasteiger partial charge in [-0.2, -0.15) is 0 Å². The number of aryl methyl sites for hydroxylation is 1. The Morgan fingerprint density at radius 3 is 2.06 bits per heavy atom. The highest BCUT2D eigenvalue weighted by atomic mass is 35.5. The van der Waals surface area contributed by atoms with E-state index < -0.39 is 12.2 Å². The third kappa shape index (κ3) is 15.8. The zero-order valence-electron chi connectivity index (χ0n) is 29.3. The molecule has 11 nitrogen and oxygen atoms in total. The van der Waals surface area contributed by atoms with Crippen LogP contribution in [-0.4, -0.2) is 76.6 Å². The summed E-state index contributed by atoms with van der Waals surface area (Å²) in [6, 6.07) is 12.5. The van der Waals surface area contributed by atoms with Crippen LogP contribution in [0.2, 0.25) is 0 Å². The number of hydrogen-bond donors (Lipinski definition) is 5. The van der Waals surface area contributed by atoms with Crippen LogP contribution in [0.4, 0.5) is 5.69 Å². The molecular weight excluding hydrogens is 659 g/mol. The number of aliphatic hydroxyl groups excluding tert-OH is 2. The number of pyridine rings is 1. The SMILES string of the molecule is CCCC(=O)Nc1ccc(OCC(O)CNC(C)C)c(C(C)=O)c1.Cl.Cl.Cn1cc(OCC(O)CNC(C)(C)C)c2ccccc2c1=O. The van der Waals surface area contributed by atoms with Crippen molar-refractivity contribution in [1.82, 2.24) is 15.2 Å². The zero-order chi connectivity index (χ0) is 34.4. The zero-order valence-corrected chi connectivity index (χ0v) is 30.9. The number of hydrogen-bond acceptors (Lipinski definition) is 9. The van der Waals surface area contributed by atoms with Gasteiger partial charge in [0, 0.05) is 55.4 Å². The van der Waals surface area contributed by atoms with Gasteiger partial charge in [0.1, 0.15) is 36.9 Å². The van der Waals surface area contributed by atoms with Crippen molar-refractivity contribution in [3.8, 4) is 11.5 Å². The number of ether oxygens (including phenoxy) is 2. The Morgan fingerprint density at radius 2 is 1.50 bits per heavy atom. The van der Waals surface area contributed by atoms with Gasteiger partial charge in [-0.25, -0.2) is 0 Å². The Bertz CT molecular complexity index is 1490. The molecule has 2 atom stereocenters. The Kier molecular flexibility index (Phi) is 20.3. The number of amides is 1. The molecule has 1 aromatic heterocycles. The third-order valence-electron chi connectivity index (χ3n) is 6.67. The summed E-state index contributed by atoms with van der Waals surface area (Å²) in [6.45, 7) is 14.6. The van der Waals surface area contributed by atoms with E-state index in [0.717, 1.165) is 11.8 Å². The summed E-state index contributed by atoms with van der Waals surface area (Å²) in [5.74, 6) is 0.759. The molecule has 3 aromatic rings. The van der Waals surface area contributed by atoms with Gasteiger partial charge in [0.2, 0.25) is 5.91 Å². The van der Waals surface area contributed by atoms with Crippen LogP contribution < -0.4 is 31.0 Å². The van der Waals surface area contributed by atoms with Gasteiger partial charge in [0.25, 0.3) is 5.56 Å². The minimum Gasteiger partial charge on any atom is -0.490 e. The number of Topliss-reactive ketones (excluding diaryl/α,β-unsaturated/α-hetero) is 1. The van der Waals surface area contributed by atoms with Crippen LogP contribution in [0, 0.1) is 0 Å². The lowest BCUT2D eigenvalue weighted by molar-refractivity contribution is -0.116. The van der Waals surface area contributed by atoms with Gasteiger partial charge in [0.05, 0.1) is 10.9 Å². The number of fused-ring (bicyclic) bond motifs is 1. The van der Waals surface area contributed by atoms with E-state index in [9.17, 15) is 24.6 Å². The lowest BCUT2D eigenvalue weighted by Gasteiger charge is -2.23. The van der Waals surface area contributed by atoms with Gasteiger partial charge in [-0.1, -0.05) is 39.0 Å². The second-order valence-corrected chi connectivity index (χ2v) is 12.6. The number of anilines is 1. The van der Waals surface area contributed by atoms with Crippen molar-refractivity contribution >= 4 is 53.0 Å². The Morgan fingerprint density at radius 1 is 0.917 bits per heavy atom. The maximum absolute atomic E-state index is 12.1. The predicted molar refractivity (Wildman–Crippen MR) is 198 cm³/mol. The van der Waals surface area contributed by atoms with Crippen LogP contribution in [0.5, 0.6) is 11.5 Å². The summed E-state index contributed by atoms with van der Waals surface area (Å²) >= 11 is 0. The molecule has 0 radical (unpaired) electrons. The topological polar surface area (TPSA) is 151 Å². The second kappa shape index (κ2) is 21.7. The molecule has 270 valence electrons. The van der Waals surface area contributed by atoms with E-state index in [-0.39, 0.29) is 66.9 Å². The van der Waals surface area contributed by atoms with E-state index in [1.165, 1.54) is 11.5 Å². The maximum atomic E-state index is 12.1. The normalized spacial score (nSPS) is 12.1. The van der Waals surface area contributed by atoms with Gasteiger partial charge in [0.15, 0.2) is 5.78 Å². The number of rotatable bonds is 15. The smallest absolute Gasteiger partial charge is 0.258 e. The molecule has 48 heavy (non-hydrogen) atoms. The number of nitrogens with one attached hydrogen (secondary N) is 3. The number of carbonyl (C=O) groups excluding carboxylic acids is 2. The van der Waals surface area contributed by atoms with Gasteiger partial charge in [-0.15, -0.1) is 24.8 Å². The molecule has 0 aliphatic rings. The molecule has 0 aliphatic heterocycles. The average Bonchev–Trinajstić information content (AvgIpc) is 2.99. The lowest BCUT2D eigenvalue weighted by atomic mass is 10.1. The lowest BCUT2D eigenvalue weighted by Crippen LogP contribution is -2.42. The highest BCUT2D eigenvalue weighted by molar-refractivity contribution is 5.99. The van der Waals surface area contributed by atoms with Crippen molar-refractivity contribution in [2.45, 2.75) is 85.1 Å². The average molecular weight is 714 g/mol. The van der Waals surface area contributed by atoms with Crippen molar-refractivity contribution < 1.29 is 29.3 Å². The third-order valence-corrected chi connectivity index (χ3v) is 6.67. The minimum absolute atomic E-state index is 0. The molecule has 1 amide bonds. The van der Waals surface area contributed by atoms with E-state index >= 15 is 0 Å². The first kappa shape index (κ1) is 44.8. The quantitative estimate of drug-likeness (QED) is 0.139. The number of nitrogens with zero attached hydrogens (tertiary/aromatic N) is 1. The molecule has 0 saturated carbocycles. The van der Waals surface area contributed by atoms with Crippen molar-refractivity contribution in [1.29, 1.82) is 0 Å². The van der Waals surface area contributed by atoms with Crippen molar-refractivity contribution in [2.24, 2.45) is 7.05 Å². The van der Waals surface area contributed by atoms with Gasteiger partial charge >= 0.3 is 0 Å². The van der Waals surface area contributed by atoms with E-state index in [0.29, 0.717) is 47.6 Å². The molecule has 3 rings (SSSR count). The van der Waals surface area contributed by atoms with E-state index in [1.807, 2.05) is 59.7 Å². The molecule has 13 heteroatoms. The van der Waals surface area contributed by atoms with E-state index in [4.69, 9.17) is 9.47 Å². The monoisotopic (exact) mass is 712 g/mol. The summed E-state index contributed by atoms with van der Waals surface area (Å²) in [5.41, 5.74) is 0.837. The van der Waals surface area contributed by atoms with Crippen LogP contribution in [0.15, 0.2) is 53.5 Å². The fourth-order valence-corrected chi connectivity index (χ4v) is 4.24. The van der Waals surface area contributed by atoms with Crippen molar-refractivity contribution in [3.63, 3.8) is 0 Å². The first-order valence-corrected chi connectivity index (χ1v) is 15.7. The van der Waals surface area contributed by atoms with Crippen LogP contribution in [0.25, 0.3) is 10.8 Å². The first-order chi connectivity index (χ1) is 21.6. The van der Waals surface area contributed by atoms with Crippen molar-refractivity contribution in [3.05, 3.63) is 64.6 Å². The molecule has 1 heterocycles. The highest BCUT2D eigenvalue weighted by Crippen LogP contribution is 2.24. The van der Waals surface area contributed by atoms with Crippen molar-refractivity contribution in [2.75, 3.05) is 31.6 Å². The van der Waals surface area contributed by atoms with Crippen LogP contribution in [-0.2, 0) is 11.8 Å². The Balaban J connectivity index is 0.000000886. The standard InChI is InChI=1S/C18H28N2O4.C17H24N2O3.2ClH/c1-5-6-18(23)20-14-7-8-17(16(9-14)13(4)21)24-11-15(22)10-19-12(2)3;1-17(2,3)18-9-12(20)11-22-15-10-19(4)16(21)14-8-6-5-7-13(14)15;;/h7-9,12,15,19,22H,5-6,10-11H2,1-4H3,(H,20,23);5-8,10,12,18,20H,9,11H2,1-4H3;2*1H. The fraction of sp³-hybridized carbons (Fsp3) is 0.514. The summed E-state index contributed by atoms with van der Waals surface area (Å²) in [7, 11) is 1.69. The van der Waals surface area contributed by atoms with Gasteiger partial charge in [-0.3, -0.25) is 14.4 Å². The highest BCUT2D eigenvalue weighted by Gasteiger charge is 2.15. The number of carbonyl (C=O) groups is 2. The number of benzene rings is 2. The van der Waals surface area contributed by atoms with Crippen LogP contribution >= 0.6 is 24.8 Å². The Hall–Kier alpha value is -3.19. The Labute approximate surface area is 296 Å². The summed E-state index contributed by atoms with van der Waals surface area (Å²) in [5, 5.41) is 30.4. The van der Waals surface area contributed by atoms with Crippen LogP contribution in [0.1, 0.15) is 71.7 Å². The number of aliphatic hydroxyl groups is 2. The minimum atomic E-state index is -0.670. The molecule has 0 fully saturated rings. The maximum Gasteiger partial charge on any atom is 0.258 e. The molecule has 0 spiro atoms. The summed E-state index contributed by atoms with van der Waals surface area (Å²) < 4.78 is 12.8. The van der Waals surface area contributed by atoms with Gasteiger partial charge < -0.3 is 40.2 Å². The molecule has 5 N–H and O–H groups in total. The molecule has 2 aromatic carbocycles. The number of ketones is 1. The largest absolute Gasteiger partial charge is 0.490 e. The molecule has 0 saturated heterocycles.